The summed E-state index contributed by atoms with van der Waals surface area (Å²) >= 11 is 5.47. The maximum atomic E-state index is 12.1. The SMILES string of the molecule is O=C(Cl)N(C(=O)Nc1ccccc1)c1ccccc1. The summed E-state index contributed by atoms with van der Waals surface area (Å²) in [6, 6.07) is 16.7. The standard InChI is InChI=1S/C14H11ClN2O2/c15-13(18)17(12-9-5-2-6-10-12)14(19)16-11-7-3-1-4-8-11/h1-10H,(H,16,19). The van der Waals surface area contributed by atoms with Crippen LogP contribution in [0.25, 0.3) is 0 Å². The second-order valence-corrected chi connectivity index (χ2v) is 4.04. The lowest BCUT2D eigenvalue weighted by Gasteiger charge is -2.18. The predicted molar refractivity (Wildman–Crippen MR) is 75.6 cm³/mol. The molecule has 2 rings (SSSR count). The minimum absolute atomic E-state index is 0.413. The zero-order chi connectivity index (χ0) is 13.7. The Balaban J connectivity index is 2.21. The van der Waals surface area contributed by atoms with Crippen LogP contribution in [0.4, 0.5) is 21.0 Å². The highest BCUT2D eigenvalue weighted by Crippen LogP contribution is 2.17. The third-order valence-electron chi connectivity index (χ3n) is 2.42. The van der Waals surface area contributed by atoms with Gasteiger partial charge in [0.15, 0.2) is 0 Å². The van der Waals surface area contributed by atoms with Gasteiger partial charge < -0.3 is 5.32 Å². The first-order chi connectivity index (χ1) is 9.18. The van der Waals surface area contributed by atoms with Crippen molar-refractivity contribution in [1.82, 2.24) is 0 Å². The molecule has 1 N–H and O–H groups in total. The van der Waals surface area contributed by atoms with Gasteiger partial charge in [-0.2, -0.15) is 0 Å². The Bertz CT molecular complexity index is 573. The Morgan fingerprint density at radius 3 is 1.95 bits per heavy atom. The number of halogens is 1. The molecule has 19 heavy (non-hydrogen) atoms. The molecule has 0 unspecified atom stereocenters. The predicted octanol–water partition coefficient (Wildman–Crippen LogP) is 4.08. The van der Waals surface area contributed by atoms with Gasteiger partial charge in [-0.05, 0) is 35.9 Å². The molecule has 2 aromatic carbocycles. The summed E-state index contributed by atoms with van der Waals surface area (Å²) in [5.41, 5.74) is 1.00. The van der Waals surface area contributed by atoms with E-state index in [4.69, 9.17) is 11.6 Å². The van der Waals surface area contributed by atoms with E-state index in [0.717, 1.165) is 4.90 Å². The van der Waals surface area contributed by atoms with Crippen LogP contribution < -0.4 is 10.2 Å². The van der Waals surface area contributed by atoms with E-state index in [1.807, 2.05) is 6.07 Å². The normalized spacial score (nSPS) is 9.74. The Labute approximate surface area is 115 Å². The zero-order valence-electron chi connectivity index (χ0n) is 9.92. The number of rotatable bonds is 2. The maximum Gasteiger partial charge on any atom is 0.334 e. The van der Waals surface area contributed by atoms with Gasteiger partial charge in [0.05, 0.1) is 5.69 Å². The molecule has 3 amide bonds. The van der Waals surface area contributed by atoms with Crippen LogP contribution in [-0.4, -0.2) is 11.4 Å². The van der Waals surface area contributed by atoms with Gasteiger partial charge in [0.1, 0.15) is 0 Å². The first kappa shape index (κ1) is 13.1. The van der Waals surface area contributed by atoms with E-state index in [9.17, 15) is 9.59 Å². The van der Waals surface area contributed by atoms with Crippen molar-refractivity contribution in [1.29, 1.82) is 0 Å². The molecular formula is C14H11ClN2O2. The lowest BCUT2D eigenvalue weighted by Crippen LogP contribution is -2.36. The van der Waals surface area contributed by atoms with Crippen LogP contribution in [0.3, 0.4) is 0 Å². The number of para-hydroxylation sites is 2. The van der Waals surface area contributed by atoms with E-state index in [-0.39, 0.29) is 0 Å². The molecule has 0 fully saturated rings. The van der Waals surface area contributed by atoms with Gasteiger partial charge in [0, 0.05) is 5.69 Å². The van der Waals surface area contributed by atoms with Crippen molar-refractivity contribution in [2.45, 2.75) is 0 Å². The van der Waals surface area contributed by atoms with E-state index in [2.05, 4.69) is 5.32 Å². The highest BCUT2D eigenvalue weighted by Gasteiger charge is 2.21. The number of benzene rings is 2. The van der Waals surface area contributed by atoms with Crippen LogP contribution in [0, 0.1) is 0 Å². The monoisotopic (exact) mass is 274 g/mol. The van der Waals surface area contributed by atoms with Gasteiger partial charge in [-0.25, -0.2) is 9.69 Å². The number of urea groups is 1. The van der Waals surface area contributed by atoms with Crippen molar-refractivity contribution in [3.63, 3.8) is 0 Å². The van der Waals surface area contributed by atoms with Crippen LogP contribution in [-0.2, 0) is 0 Å². The number of carbonyl (C=O) groups excluding carboxylic acids is 2. The Hall–Kier alpha value is -2.33. The highest BCUT2D eigenvalue weighted by atomic mass is 35.5. The first-order valence-electron chi connectivity index (χ1n) is 5.59. The van der Waals surface area contributed by atoms with Crippen LogP contribution in [0.15, 0.2) is 60.7 Å². The van der Waals surface area contributed by atoms with Crippen LogP contribution in [0.2, 0.25) is 0 Å². The molecule has 5 heteroatoms. The summed E-state index contributed by atoms with van der Waals surface area (Å²) in [7, 11) is 0. The summed E-state index contributed by atoms with van der Waals surface area (Å²) in [4.78, 5) is 24.3. The molecule has 0 aromatic heterocycles. The van der Waals surface area contributed by atoms with Crippen molar-refractivity contribution in [2.24, 2.45) is 0 Å². The Morgan fingerprint density at radius 2 is 1.42 bits per heavy atom. The summed E-state index contributed by atoms with van der Waals surface area (Å²) in [6.07, 6.45) is 0. The largest absolute Gasteiger partial charge is 0.334 e. The van der Waals surface area contributed by atoms with Crippen LogP contribution >= 0.6 is 11.6 Å². The Kier molecular flexibility index (Phi) is 4.15. The number of carbonyl (C=O) groups is 2. The Morgan fingerprint density at radius 1 is 0.895 bits per heavy atom. The minimum atomic E-state index is -0.861. The number of anilines is 2. The molecule has 0 saturated carbocycles. The number of hydrogen-bond donors (Lipinski definition) is 1. The summed E-state index contributed by atoms with van der Waals surface area (Å²) in [5, 5.41) is 1.74. The smallest absolute Gasteiger partial charge is 0.307 e. The molecule has 0 aliphatic rings. The van der Waals surface area contributed by atoms with Gasteiger partial charge in [0.2, 0.25) is 0 Å². The number of nitrogens with one attached hydrogen (secondary N) is 1. The molecule has 96 valence electrons. The van der Waals surface area contributed by atoms with Crippen molar-refractivity contribution < 1.29 is 9.59 Å². The van der Waals surface area contributed by atoms with Gasteiger partial charge in [-0.15, -0.1) is 0 Å². The average molecular weight is 275 g/mol. The number of imide groups is 1. The maximum absolute atomic E-state index is 12.1. The fraction of sp³-hybridized carbons (Fsp3) is 0. The highest BCUT2D eigenvalue weighted by molar-refractivity contribution is 6.68. The molecule has 0 aliphatic carbocycles. The van der Waals surface area contributed by atoms with Crippen molar-refractivity contribution in [3.05, 3.63) is 60.7 Å². The third kappa shape index (κ3) is 3.33. The second kappa shape index (κ2) is 6.02. The quantitative estimate of drug-likeness (QED) is 0.662. The fourth-order valence-electron chi connectivity index (χ4n) is 1.58. The third-order valence-corrected chi connectivity index (χ3v) is 2.59. The summed E-state index contributed by atoms with van der Waals surface area (Å²) < 4.78 is 0. The molecule has 0 spiro atoms. The van der Waals surface area contributed by atoms with E-state index in [1.54, 1.807) is 54.6 Å². The number of hydrogen-bond acceptors (Lipinski definition) is 2. The van der Waals surface area contributed by atoms with Crippen LogP contribution in [0.5, 0.6) is 0 Å². The van der Waals surface area contributed by atoms with Crippen molar-refractivity contribution in [3.8, 4) is 0 Å². The molecular weight excluding hydrogens is 264 g/mol. The molecule has 0 radical (unpaired) electrons. The minimum Gasteiger partial charge on any atom is -0.307 e. The van der Waals surface area contributed by atoms with Gasteiger partial charge in [0.25, 0.3) is 0 Å². The second-order valence-electron chi connectivity index (χ2n) is 3.72. The van der Waals surface area contributed by atoms with E-state index in [1.165, 1.54) is 0 Å². The lowest BCUT2D eigenvalue weighted by molar-refractivity contribution is 0.250. The fourth-order valence-corrected chi connectivity index (χ4v) is 1.75. The van der Waals surface area contributed by atoms with Gasteiger partial charge in [-0.1, -0.05) is 36.4 Å². The number of amides is 3. The number of nitrogens with zero attached hydrogens (tertiary/aromatic N) is 1. The zero-order valence-corrected chi connectivity index (χ0v) is 10.7. The molecule has 4 nitrogen and oxygen atoms in total. The van der Waals surface area contributed by atoms with E-state index >= 15 is 0 Å². The topological polar surface area (TPSA) is 49.4 Å². The summed E-state index contributed by atoms with van der Waals surface area (Å²) in [5.74, 6) is 0. The van der Waals surface area contributed by atoms with E-state index < -0.39 is 11.4 Å². The van der Waals surface area contributed by atoms with Crippen LogP contribution in [0.1, 0.15) is 0 Å². The molecule has 0 bridgehead atoms. The van der Waals surface area contributed by atoms with Gasteiger partial charge >= 0.3 is 11.4 Å². The van der Waals surface area contributed by atoms with Gasteiger partial charge in [-0.3, -0.25) is 4.79 Å². The lowest BCUT2D eigenvalue weighted by atomic mass is 10.3. The summed E-state index contributed by atoms with van der Waals surface area (Å²) in [6.45, 7) is 0. The molecule has 0 atom stereocenters. The molecule has 0 aliphatic heterocycles. The van der Waals surface area contributed by atoms with E-state index in [0.29, 0.717) is 11.4 Å². The molecule has 0 saturated heterocycles. The molecule has 2 aromatic rings. The first-order valence-corrected chi connectivity index (χ1v) is 5.97. The average Bonchev–Trinajstić information content (AvgIpc) is 2.40. The van der Waals surface area contributed by atoms with Crippen molar-refractivity contribution >= 4 is 34.4 Å². The van der Waals surface area contributed by atoms with Crippen molar-refractivity contribution in [2.75, 3.05) is 10.2 Å². The molecule has 0 heterocycles.